The number of carbonyl (C=O) groups excluding carboxylic acids is 1. The molecular weight excluding hydrogens is 483 g/mol. The summed E-state index contributed by atoms with van der Waals surface area (Å²) in [7, 11) is -1.70. The highest BCUT2D eigenvalue weighted by Gasteiger charge is 2.31. The molecule has 2 aromatic carbocycles. The Bertz CT molecular complexity index is 1410. The summed E-state index contributed by atoms with van der Waals surface area (Å²) in [5, 5.41) is 5.54. The number of benzene rings is 2. The molecule has 0 saturated carbocycles. The summed E-state index contributed by atoms with van der Waals surface area (Å²) >= 11 is 0. The van der Waals surface area contributed by atoms with Crippen LogP contribution in [0.25, 0.3) is 5.69 Å². The van der Waals surface area contributed by atoms with E-state index in [4.69, 9.17) is 0 Å². The van der Waals surface area contributed by atoms with E-state index in [1.807, 2.05) is 0 Å². The van der Waals surface area contributed by atoms with Crippen LogP contribution in [0.5, 0.6) is 0 Å². The first kappa shape index (κ1) is 26.2. The lowest BCUT2D eigenvalue weighted by Gasteiger charge is -2.18. The fraction of sp³-hybridized carbons (Fsp3) is 0.250. The normalized spacial score (nSPS) is 11.9. The Labute approximate surface area is 200 Å². The number of amides is 1. The van der Waals surface area contributed by atoms with Crippen molar-refractivity contribution in [3.8, 4) is 5.69 Å². The van der Waals surface area contributed by atoms with Crippen LogP contribution >= 0.6 is 0 Å². The molecule has 7 nitrogen and oxygen atoms in total. The van der Waals surface area contributed by atoms with Crippen LogP contribution < -0.4 is 16.2 Å². The van der Waals surface area contributed by atoms with Gasteiger partial charge in [0.15, 0.2) is 9.84 Å². The van der Waals surface area contributed by atoms with E-state index in [2.05, 4.69) is 10.6 Å². The molecule has 11 heteroatoms. The van der Waals surface area contributed by atoms with Crippen LogP contribution in [0.15, 0.2) is 64.3 Å². The molecule has 0 aliphatic heterocycles. The Morgan fingerprint density at radius 2 is 1.69 bits per heavy atom. The number of hydrogen-bond donors (Lipinski definition) is 2. The zero-order chi connectivity index (χ0) is 26.0. The number of carbonyl (C=O) groups is 1. The molecule has 0 fully saturated rings. The van der Waals surface area contributed by atoms with Crippen LogP contribution in [0.4, 0.5) is 13.2 Å². The minimum atomic E-state index is -4.59. The Balaban J connectivity index is 1.99. The summed E-state index contributed by atoms with van der Waals surface area (Å²) in [6.07, 6.45) is -3.51. The molecule has 3 rings (SSSR count). The van der Waals surface area contributed by atoms with E-state index < -0.39 is 33.0 Å². The third-order valence-corrected chi connectivity index (χ3v) is 6.53. The van der Waals surface area contributed by atoms with E-state index in [0.29, 0.717) is 16.8 Å². The fourth-order valence-corrected chi connectivity index (χ4v) is 4.18. The van der Waals surface area contributed by atoms with Crippen molar-refractivity contribution in [3.63, 3.8) is 0 Å². The monoisotopic (exact) mass is 507 g/mol. The molecule has 0 unspecified atom stereocenters. The summed E-state index contributed by atoms with van der Waals surface area (Å²) in [5.74, 6) is -0.708. The molecule has 2 N–H and O–H groups in total. The Morgan fingerprint density at radius 1 is 1.03 bits per heavy atom. The molecule has 1 aromatic heterocycles. The smallest absolute Gasteiger partial charge is 0.348 e. The van der Waals surface area contributed by atoms with Crippen LogP contribution in [0, 0.1) is 6.92 Å². The summed E-state index contributed by atoms with van der Waals surface area (Å²) in [6, 6.07) is 11.7. The molecule has 0 saturated heterocycles. The molecule has 35 heavy (non-hydrogen) atoms. The third kappa shape index (κ3) is 5.98. The second-order valence-corrected chi connectivity index (χ2v) is 10.0. The van der Waals surface area contributed by atoms with Gasteiger partial charge in [0.1, 0.15) is 5.56 Å². The average Bonchev–Trinajstić information content (AvgIpc) is 2.79. The maximum Gasteiger partial charge on any atom is 0.416 e. The number of alkyl halides is 3. The van der Waals surface area contributed by atoms with Crippen molar-refractivity contribution in [2.45, 2.75) is 31.1 Å². The van der Waals surface area contributed by atoms with Gasteiger partial charge in [-0.3, -0.25) is 14.2 Å². The second-order valence-electron chi connectivity index (χ2n) is 7.99. The molecule has 0 atom stereocenters. The van der Waals surface area contributed by atoms with Crippen LogP contribution in [-0.2, 0) is 29.1 Å². The lowest BCUT2D eigenvalue weighted by molar-refractivity contribution is -0.137. The lowest BCUT2D eigenvalue weighted by Crippen LogP contribution is -2.34. The fourth-order valence-electron chi connectivity index (χ4n) is 3.55. The minimum Gasteiger partial charge on any atom is -0.348 e. The molecule has 3 aromatic rings. The summed E-state index contributed by atoms with van der Waals surface area (Å²) < 4.78 is 64.0. The molecular formula is C24H24F3N3O4S. The summed E-state index contributed by atoms with van der Waals surface area (Å²) in [4.78, 5) is 26.3. The molecule has 1 heterocycles. The summed E-state index contributed by atoms with van der Waals surface area (Å²) in [6.45, 7) is 1.89. The van der Waals surface area contributed by atoms with Gasteiger partial charge in [0.2, 0.25) is 0 Å². The predicted molar refractivity (Wildman–Crippen MR) is 125 cm³/mol. The van der Waals surface area contributed by atoms with Gasteiger partial charge < -0.3 is 10.6 Å². The molecule has 0 aliphatic rings. The first-order valence-electron chi connectivity index (χ1n) is 10.5. The summed E-state index contributed by atoms with van der Waals surface area (Å²) in [5.41, 5.74) is -0.345. The van der Waals surface area contributed by atoms with Crippen molar-refractivity contribution in [2.75, 3.05) is 13.3 Å². The number of pyridine rings is 1. The lowest BCUT2D eigenvalue weighted by atomic mass is 10.1. The van der Waals surface area contributed by atoms with Crippen LogP contribution in [0.3, 0.4) is 0 Å². The first-order chi connectivity index (χ1) is 16.3. The van der Waals surface area contributed by atoms with Gasteiger partial charge in [0.25, 0.3) is 11.5 Å². The Kier molecular flexibility index (Phi) is 7.51. The van der Waals surface area contributed by atoms with Gasteiger partial charge in [-0.1, -0.05) is 18.2 Å². The van der Waals surface area contributed by atoms with Crippen molar-refractivity contribution >= 4 is 15.7 Å². The van der Waals surface area contributed by atoms with Gasteiger partial charge in [-0.15, -0.1) is 0 Å². The standard InChI is InChI=1S/C24H24F3N3O4S/c1-15-17(14-28-2)11-21(22(31)29-13-16-7-9-20(10-8-16)35(3,33)34)23(32)30(15)19-6-4-5-18(12-19)24(25,26)27/h4-12,28H,13-14H2,1-3H3,(H,29,31). The average molecular weight is 508 g/mol. The zero-order valence-electron chi connectivity index (χ0n) is 19.2. The van der Waals surface area contributed by atoms with E-state index in [9.17, 15) is 31.2 Å². The van der Waals surface area contributed by atoms with E-state index >= 15 is 0 Å². The topological polar surface area (TPSA) is 97.3 Å². The van der Waals surface area contributed by atoms with Crippen molar-refractivity contribution < 1.29 is 26.4 Å². The first-order valence-corrected chi connectivity index (χ1v) is 12.4. The van der Waals surface area contributed by atoms with Crippen molar-refractivity contribution in [1.29, 1.82) is 0 Å². The van der Waals surface area contributed by atoms with Gasteiger partial charge in [0, 0.05) is 30.7 Å². The number of hydrogen-bond acceptors (Lipinski definition) is 5. The van der Waals surface area contributed by atoms with Gasteiger partial charge in [-0.2, -0.15) is 13.2 Å². The number of sulfone groups is 1. The number of rotatable bonds is 7. The van der Waals surface area contributed by atoms with Gasteiger partial charge in [-0.05, 0) is 61.5 Å². The van der Waals surface area contributed by atoms with Crippen molar-refractivity contribution in [3.05, 3.63) is 92.9 Å². The Morgan fingerprint density at radius 3 is 2.26 bits per heavy atom. The maximum absolute atomic E-state index is 13.2. The van der Waals surface area contributed by atoms with Crippen molar-refractivity contribution in [1.82, 2.24) is 15.2 Å². The van der Waals surface area contributed by atoms with E-state index in [1.54, 1.807) is 26.1 Å². The minimum absolute atomic E-state index is 0.00862. The van der Waals surface area contributed by atoms with Crippen LogP contribution in [0.2, 0.25) is 0 Å². The molecule has 0 radical (unpaired) electrons. The van der Waals surface area contributed by atoms with Gasteiger partial charge >= 0.3 is 6.18 Å². The number of nitrogens with zero attached hydrogens (tertiary/aromatic N) is 1. The van der Waals surface area contributed by atoms with Crippen LogP contribution in [-0.4, -0.2) is 32.2 Å². The number of halogens is 3. The molecule has 186 valence electrons. The van der Waals surface area contributed by atoms with Gasteiger partial charge in [-0.25, -0.2) is 8.42 Å². The quantitative estimate of drug-likeness (QED) is 0.512. The number of nitrogens with one attached hydrogen (secondary N) is 2. The SMILES string of the molecule is CNCc1cc(C(=O)NCc2ccc(S(C)(=O)=O)cc2)c(=O)n(-c2cccc(C(F)(F)F)c2)c1C. The zero-order valence-corrected chi connectivity index (χ0v) is 20.0. The third-order valence-electron chi connectivity index (χ3n) is 5.40. The Hall–Kier alpha value is -3.44. The molecule has 1 amide bonds. The molecule has 0 spiro atoms. The van der Waals surface area contributed by atoms with E-state index in [-0.39, 0.29) is 29.2 Å². The molecule has 0 bridgehead atoms. The van der Waals surface area contributed by atoms with E-state index in [0.717, 1.165) is 23.0 Å². The highest BCUT2D eigenvalue weighted by atomic mass is 32.2. The highest BCUT2D eigenvalue weighted by molar-refractivity contribution is 7.90. The largest absolute Gasteiger partial charge is 0.416 e. The molecule has 0 aliphatic carbocycles. The van der Waals surface area contributed by atoms with Gasteiger partial charge in [0.05, 0.1) is 10.5 Å². The predicted octanol–water partition coefficient (Wildman–Crippen LogP) is 3.22. The second kappa shape index (κ2) is 10.0. The maximum atomic E-state index is 13.2. The highest BCUT2D eigenvalue weighted by Crippen LogP contribution is 2.30. The van der Waals surface area contributed by atoms with Crippen molar-refractivity contribution in [2.24, 2.45) is 0 Å². The van der Waals surface area contributed by atoms with E-state index in [1.165, 1.54) is 30.3 Å². The number of aromatic nitrogens is 1. The van der Waals surface area contributed by atoms with Crippen LogP contribution in [0.1, 0.15) is 32.7 Å².